The van der Waals surface area contributed by atoms with Crippen molar-refractivity contribution in [3.63, 3.8) is 0 Å². The smallest absolute Gasteiger partial charge is 0.255 e. The fraction of sp³-hybridized carbons (Fsp3) is 0.125. The van der Waals surface area contributed by atoms with E-state index in [1.807, 2.05) is 6.92 Å². The molecule has 0 atom stereocenters. The molecule has 1 N–H and O–H groups in total. The van der Waals surface area contributed by atoms with E-state index >= 15 is 0 Å². The Bertz CT molecular complexity index is 908. The first-order valence-corrected chi connectivity index (χ1v) is 7.26. The molecule has 1 aromatic heterocycles. The number of fused-ring (bicyclic) bond motifs is 1. The number of hydrogen-bond donors (Lipinski definition) is 1. The average molecular weight is 323 g/mol. The van der Waals surface area contributed by atoms with E-state index in [0.717, 1.165) is 11.3 Å². The fourth-order valence-electron chi connectivity index (χ4n) is 2.50. The number of tetrazole rings is 1. The first-order chi connectivity index (χ1) is 11.7. The highest BCUT2D eigenvalue weighted by molar-refractivity contribution is 6.04. The lowest BCUT2D eigenvalue weighted by Gasteiger charge is -2.09. The molecule has 2 heterocycles. The predicted molar refractivity (Wildman–Crippen MR) is 84.4 cm³/mol. The second kappa shape index (κ2) is 5.65. The van der Waals surface area contributed by atoms with Crippen molar-refractivity contribution in [3.8, 4) is 17.2 Å². The number of nitrogens with zero attached hydrogens (tertiary/aromatic N) is 4. The molecule has 4 rings (SSSR count). The van der Waals surface area contributed by atoms with Crippen molar-refractivity contribution in [1.82, 2.24) is 20.2 Å². The molecule has 0 fully saturated rings. The van der Waals surface area contributed by atoms with Gasteiger partial charge in [-0.1, -0.05) is 0 Å². The van der Waals surface area contributed by atoms with Gasteiger partial charge in [-0.15, -0.1) is 5.10 Å². The quantitative estimate of drug-likeness (QED) is 0.792. The maximum atomic E-state index is 12.4. The Kier molecular flexibility index (Phi) is 3.34. The van der Waals surface area contributed by atoms with Crippen LogP contribution >= 0.6 is 0 Å². The zero-order valence-electron chi connectivity index (χ0n) is 12.8. The Morgan fingerprint density at radius 2 is 2.04 bits per heavy atom. The molecule has 8 nitrogen and oxygen atoms in total. The number of aromatic nitrogens is 4. The Hall–Kier alpha value is -3.42. The van der Waals surface area contributed by atoms with E-state index in [-0.39, 0.29) is 12.7 Å². The summed E-state index contributed by atoms with van der Waals surface area (Å²) in [4.78, 5) is 12.4. The van der Waals surface area contributed by atoms with Crippen molar-refractivity contribution >= 4 is 11.6 Å². The highest BCUT2D eigenvalue weighted by atomic mass is 16.7. The molecule has 3 aromatic rings. The number of carbonyl (C=O) groups is 1. The largest absolute Gasteiger partial charge is 0.454 e. The summed E-state index contributed by atoms with van der Waals surface area (Å²) in [5.41, 5.74) is 2.90. The predicted octanol–water partition coefficient (Wildman–Crippen LogP) is 1.95. The van der Waals surface area contributed by atoms with Crippen molar-refractivity contribution in [2.75, 3.05) is 12.1 Å². The molecule has 1 aliphatic heterocycles. The highest BCUT2D eigenvalue weighted by Crippen LogP contribution is 2.34. The number of nitrogens with one attached hydrogen (secondary N) is 1. The van der Waals surface area contributed by atoms with Gasteiger partial charge >= 0.3 is 0 Å². The number of rotatable bonds is 3. The number of benzene rings is 2. The van der Waals surface area contributed by atoms with Gasteiger partial charge < -0.3 is 14.8 Å². The van der Waals surface area contributed by atoms with Crippen LogP contribution in [0.4, 0.5) is 5.69 Å². The van der Waals surface area contributed by atoms with Gasteiger partial charge in [0.2, 0.25) is 6.79 Å². The molecular formula is C16H13N5O3. The monoisotopic (exact) mass is 323 g/mol. The number of amides is 1. The normalized spacial score (nSPS) is 12.2. The summed E-state index contributed by atoms with van der Waals surface area (Å²) in [6.45, 7) is 2.10. The molecule has 0 saturated heterocycles. The number of ether oxygens (including phenoxy) is 2. The zero-order chi connectivity index (χ0) is 16.5. The van der Waals surface area contributed by atoms with Gasteiger partial charge in [-0.05, 0) is 53.2 Å². The molecule has 0 spiro atoms. The van der Waals surface area contributed by atoms with Gasteiger partial charge in [0.15, 0.2) is 11.5 Å². The standard InChI is InChI=1S/C16H13N5O3/c1-10-6-11(2-4-13(10)21-8-17-19-20-21)16(22)18-12-3-5-14-15(7-12)24-9-23-14/h2-8H,9H2,1H3,(H,18,22). The third kappa shape index (κ3) is 2.54. The fourth-order valence-corrected chi connectivity index (χ4v) is 2.50. The van der Waals surface area contributed by atoms with Gasteiger partial charge in [0.1, 0.15) is 6.33 Å². The Labute approximate surface area is 137 Å². The summed E-state index contributed by atoms with van der Waals surface area (Å²) in [7, 11) is 0. The van der Waals surface area contributed by atoms with Crippen LogP contribution in [0, 0.1) is 6.92 Å². The van der Waals surface area contributed by atoms with Crippen LogP contribution < -0.4 is 14.8 Å². The van der Waals surface area contributed by atoms with Crippen LogP contribution in [0.2, 0.25) is 0 Å². The lowest BCUT2D eigenvalue weighted by Crippen LogP contribution is -2.12. The molecule has 8 heteroatoms. The van der Waals surface area contributed by atoms with Crippen molar-refractivity contribution in [3.05, 3.63) is 53.9 Å². The second-order valence-corrected chi connectivity index (χ2v) is 5.28. The lowest BCUT2D eigenvalue weighted by molar-refractivity contribution is 0.102. The minimum absolute atomic E-state index is 0.199. The van der Waals surface area contributed by atoms with Crippen molar-refractivity contribution < 1.29 is 14.3 Å². The summed E-state index contributed by atoms with van der Waals surface area (Å²) in [5.74, 6) is 1.09. The molecule has 120 valence electrons. The van der Waals surface area contributed by atoms with Crippen LogP contribution in [0.3, 0.4) is 0 Å². The lowest BCUT2D eigenvalue weighted by atomic mass is 10.1. The van der Waals surface area contributed by atoms with Gasteiger partial charge in [-0.2, -0.15) is 0 Å². The minimum atomic E-state index is -0.208. The minimum Gasteiger partial charge on any atom is -0.454 e. The van der Waals surface area contributed by atoms with E-state index in [4.69, 9.17) is 9.47 Å². The molecule has 0 saturated carbocycles. The SMILES string of the molecule is Cc1cc(C(=O)Nc2ccc3c(c2)OCO3)ccc1-n1cnnn1. The number of anilines is 1. The van der Waals surface area contributed by atoms with Gasteiger partial charge in [0, 0.05) is 17.3 Å². The molecule has 0 radical (unpaired) electrons. The average Bonchev–Trinajstić information content (AvgIpc) is 3.25. The van der Waals surface area contributed by atoms with E-state index in [1.54, 1.807) is 41.1 Å². The van der Waals surface area contributed by atoms with Gasteiger partial charge in [-0.3, -0.25) is 4.79 Å². The van der Waals surface area contributed by atoms with Crippen LogP contribution in [-0.2, 0) is 0 Å². The second-order valence-electron chi connectivity index (χ2n) is 5.28. The molecule has 0 bridgehead atoms. The van der Waals surface area contributed by atoms with Crippen LogP contribution in [0.15, 0.2) is 42.7 Å². The molecule has 1 aliphatic rings. The molecule has 24 heavy (non-hydrogen) atoms. The van der Waals surface area contributed by atoms with E-state index in [0.29, 0.717) is 22.7 Å². The Morgan fingerprint density at radius 1 is 1.17 bits per heavy atom. The molecule has 0 aliphatic carbocycles. The van der Waals surface area contributed by atoms with Crippen LogP contribution in [0.25, 0.3) is 5.69 Å². The first kappa shape index (κ1) is 14.2. The summed E-state index contributed by atoms with van der Waals surface area (Å²) in [6.07, 6.45) is 1.51. The maximum Gasteiger partial charge on any atom is 0.255 e. The van der Waals surface area contributed by atoms with E-state index in [2.05, 4.69) is 20.8 Å². The van der Waals surface area contributed by atoms with Crippen LogP contribution in [0.5, 0.6) is 11.5 Å². The van der Waals surface area contributed by atoms with E-state index < -0.39 is 0 Å². The summed E-state index contributed by atoms with van der Waals surface area (Å²) >= 11 is 0. The molecule has 1 amide bonds. The summed E-state index contributed by atoms with van der Waals surface area (Å²) < 4.78 is 12.1. The van der Waals surface area contributed by atoms with Crippen molar-refractivity contribution in [2.24, 2.45) is 0 Å². The van der Waals surface area contributed by atoms with Crippen LogP contribution in [-0.4, -0.2) is 32.9 Å². The summed E-state index contributed by atoms with van der Waals surface area (Å²) in [6, 6.07) is 10.6. The number of hydrogen-bond acceptors (Lipinski definition) is 6. The Morgan fingerprint density at radius 3 is 2.83 bits per heavy atom. The number of carbonyl (C=O) groups excluding carboxylic acids is 1. The van der Waals surface area contributed by atoms with Crippen LogP contribution in [0.1, 0.15) is 15.9 Å². The third-order valence-electron chi connectivity index (χ3n) is 3.69. The molecular weight excluding hydrogens is 310 g/mol. The Balaban J connectivity index is 1.55. The van der Waals surface area contributed by atoms with Crippen molar-refractivity contribution in [1.29, 1.82) is 0 Å². The molecule has 2 aromatic carbocycles. The highest BCUT2D eigenvalue weighted by Gasteiger charge is 2.15. The topological polar surface area (TPSA) is 91.2 Å². The third-order valence-corrected chi connectivity index (χ3v) is 3.69. The van der Waals surface area contributed by atoms with Gasteiger partial charge in [0.05, 0.1) is 5.69 Å². The van der Waals surface area contributed by atoms with E-state index in [1.165, 1.54) is 6.33 Å². The summed E-state index contributed by atoms with van der Waals surface area (Å²) in [5, 5.41) is 13.9. The number of aryl methyl sites for hydroxylation is 1. The van der Waals surface area contributed by atoms with Crippen molar-refractivity contribution in [2.45, 2.75) is 6.92 Å². The zero-order valence-corrected chi connectivity index (χ0v) is 12.8. The van der Waals surface area contributed by atoms with Gasteiger partial charge in [0.25, 0.3) is 5.91 Å². The molecule has 0 unspecified atom stereocenters. The van der Waals surface area contributed by atoms with Gasteiger partial charge in [-0.25, -0.2) is 4.68 Å². The first-order valence-electron chi connectivity index (χ1n) is 7.26. The maximum absolute atomic E-state index is 12.4. The van der Waals surface area contributed by atoms with E-state index in [9.17, 15) is 4.79 Å².